The quantitative estimate of drug-likeness (QED) is 0.758. The lowest BCUT2D eigenvalue weighted by Gasteiger charge is -2.02. The monoisotopic (exact) mass is 252 g/mol. The molecule has 0 radical (unpaired) electrons. The van der Waals surface area contributed by atoms with Gasteiger partial charge >= 0.3 is 0 Å². The lowest BCUT2D eigenvalue weighted by atomic mass is 10.0. The summed E-state index contributed by atoms with van der Waals surface area (Å²) in [6, 6.07) is 16.5. The third-order valence-electron chi connectivity index (χ3n) is 3.05. The minimum atomic E-state index is 0.0149. The first-order chi connectivity index (χ1) is 9.16. The first kappa shape index (κ1) is 13.2. The van der Waals surface area contributed by atoms with Crippen LogP contribution >= 0.6 is 0 Å². The lowest BCUT2D eigenvalue weighted by molar-refractivity contribution is 0.0917. The molecule has 0 aliphatic rings. The molecule has 2 nitrogen and oxygen atoms in total. The highest BCUT2D eigenvalue weighted by Crippen LogP contribution is 2.10. The summed E-state index contributed by atoms with van der Waals surface area (Å²) in [6.45, 7) is 1.98. The summed E-state index contributed by atoms with van der Waals surface area (Å²) in [4.78, 5) is 23.8. The molecular formula is C17H16O2. The van der Waals surface area contributed by atoms with E-state index in [1.54, 1.807) is 12.1 Å². The summed E-state index contributed by atoms with van der Waals surface area (Å²) < 4.78 is 0. The minimum Gasteiger partial charge on any atom is -0.294 e. The Morgan fingerprint density at radius 1 is 0.737 bits per heavy atom. The topological polar surface area (TPSA) is 34.1 Å². The number of Topliss-reactive ketones (excluding diaryl/α,β-unsaturated/α-hetero) is 2. The molecule has 0 unspecified atom stereocenters. The van der Waals surface area contributed by atoms with Crippen molar-refractivity contribution in [2.45, 2.75) is 19.8 Å². The van der Waals surface area contributed by atoms with E-state index < -0.39 is 0 Å². The maximum absolute atomic E-state index is 11.9. The van der Waals surface area contributed by atoms with Gasteiger partial charge in [0, 0.05) is 24.0 Å². The molecule has 2 aromatic rings. The van der Waals surface area contributed by atoms with Crippen LogP contribution in [-0.2, 0) is 0 Å². The van der Waals surface area contributed by atoms with E-state index in [9.17, 15) is 9.59 Å². The zero-order chi connectivity index (χ0) is 13.7. The highest BCUT2D eigenvalue weighted by Gasteiger charge is 2.10. The molecule has 0 saturated carbocycles. The number of aryl methyl sites for hydroxylation is 1. The first-order valence-corrected chi connectivity index (χ1v) is 6.35. The first-order valence-electron chi connectivity index (χ1n) is 6.35. The number of carbonyl (C=O) groups excluding carboxylic acids is 2. The summed E-state index contributed by atoms with van der Waals surface area (Å²) in [5.41, 5.74) is 2.46. The largest absolute Gasteiger partial charge is 0.294 e. The van der Waals surface area contributed by atoms with E-state index in [1.165, 1.54) is 0 Å². The van der Waals surface area contributed by atoms with Gasteiger partial charge in [0.15, 0.2) is 11.6 Å². The van der Waals surface area contributed by atoms with Crippen LogP contribution in [0.4, 0.5) is 0 Å². The van der Waals surface area contributed by atoms with Crippen molar-refractivity contribution in [2.75, 3.05) is 0 Å². The van der Waals surface area contributed by atoms with Crippen LogP contribution in [0.1, 0.15) is 39.1 Å². The number of benzene rings is 2. The van der Waals surface area contributed by atoms with Crippen molar-refractivity contribution in [1.29, 1.82) is 0 Å². The van der Waals surface area contributed by atoms with Crippen LogP contribution in [0.25, 0.3) is 0 Å². The third-order valence-corrected chi connectivity index (χ3v) is 3.05. The number of hydrogen-bond acceptors (Lipinski definition) is 2. The van der Waals surface area contributed by atoms with E-state index in [1.807, 2.05) is 49.4 Å². The van der Waals surface area contributed by atoms with E-state index in [-0.39, 0.29) is 24.4 Å². The van der Waals surface area contributed by atoms with Crippen molar-refractivity contribution in [1.82, 2.24) is 0 Å². The third kappa shape index (κ3) is 3.62. The molecule has 0 bridgehead atoms. The zero-order valence-corrected chi connectivity index (χ0v) is 10.9. The molecule has 2 heteroatoms. The van der Waals surface area contributed by atoms with Gasteiger partial charge in [-0.15, -0.1) is 0 Å². The van der Waals surface area contributed by atoms with Crippen LogP contribution in [0, 0.1) is 6.92 Å². The Kier molecular flexibility index (Phi) is 4.24. The van der Waals surface area contributed by atoms with Crippen LogP contribution in [0.5, 0.6) is 0 Å². The van der Waals surface area contributed by atoms with E-state index in [2.05, 4.69) is 0 Å². The molecule has 0 saturated heterocycles. The van der Waals surface area contributed by atoms with Crippen molar-refractivity contribution in [3.05, 3.63) is 71.3 Å². The second kappa shape index (κ2) is 6.10. The average Bonchev–Trinajstić information content (AvgIpc) is 2.46. The zero-order valence-electron chi connectivity index (χ0n) is 10.9. The molecule has 0 aliphatic heterocycles. The molecular weight excluding hydrogens is 236 g/mol. The SMILES string of the molecule is Cc1ccc(C(=O)CCC(=O)c2ccccc2)cc1. The molecule has 2 rings (SSSR count). The van der Waals surface area contributed by atoms with Gasteiger partial charge in [-0.1, -0.05) is 60.2 Å². The molecule has 0 spiro atoms. The van der Waals surface area contributed by atoms with Gasteiger partial charge in [0.25, 0.3) is 0 Å². The van der Waals surface area contributed by atoms with Crippen LogP contribution in [-0.4, -0.2) is 11.6 Å². The van der Waals surface area contributed by atoms with Crippen molar-refractivity contribution >= 4 is 11.6 Å². The highest BCUT2D eigenvalue weighted by molar-refractivity contribution is 6.02. The van der Waals surface area contributed by atoms with Crippen molar-refractivity contribution in [3.63, 3.8) is 0 Å². The smallest absolute Gasteiger partial charge is 0.163 e. The van der Waals surface area contributed by atoms with Crippen LogP contribution < -0.4 is 0 Å². The predicted octanol–water partition coefficient (Wildman–Crippen LogP) is 3.84. The maximum atomic E-state index is 11.9. The standard InChI is InChI=1S/C17H16O2/c1-13-7-9-15(10-8-13)17(19)12-11-16(18)14-5-3-2-4-6-14/h2-10H,11-12H2,1H3. The molecule has 0 fully saturated rings. The highest BCUT2D eigenvalue weighted by atomic mass is 16.1. The van der Waals surface area contributed by atoms with Gasteiger partial charge in [-0.05, 0) is 6.92 Å². The Balaban J connectivity index is 1.94. The number of ketones is 2. The van der Waals surface area contributed by atoms with Gasteiger partial charge in [-0.3, -0.25) is 9.59 Å². The van der Waals surface area contributed by atoms with Gasteiger partial charge in [-0.2, -0.15) is 0 Å². The van der Waals surface area contributed by atoms with E-state index in [0.717, 1.165) is 5.56 Å². The molecule has 0 heterocycles. The van der Waals surface area contributed by atoms with Gasteiger partial charge in [0.1, 0.15) is 0 Å². The Bertz CT molecular complexity index is 568. The molecule has 96 valence electrons. The summed E-state index contributed by atoms with van der Waals surface area (Å²) >= 11 is 0. The van der Waals surface area contributed by atoms with Crippen molar-refractivity contribution in [3.8, 4) is 0 Å². The van der Waals surface area contributed by atoms with E-state index in [4.69, 9.17) is 0 Å². The van der Waals surface area contributed by atoms with E-state index >= 15 is 0 Å². The normalized spacial score (nSPS) is 10.2. The predicted molar refractivity (Wildman–Crippen MR) is 75.5 cm³/mol. The average molecular weight is 252 g/mol. The number of carbonyl (C=O) groups is 2. The Morgan fingerprint density at radius 2 is 1.21 bits per heavy atom. The lowest BCUT2D eigenvalue weighted by Crippen LogP contribution is -2.05. The Labute approximate surface area is 113 Å². The van der Waals surface area contributed by atoms with Gasteiger partial charge in [-0.25, -0.2) is 0 Å². The van der Waals surface area contributed by atoms with Crippen molar-refractivity contribution in [2.24, 2.45) is 0 Å². The fourth-order valence-electron chi connectivity index (χ4n) is 1.88. The van der Waals surface area contributed by atoms with Gasteiger partial charge in [0.05, 0.1) is 0 Å². The fraction of sp³-hybridized carbons (Fsp3) is 0.176. The summed E-state index contributed by atoms with van der Waals surface area (Å²) in [7, 11) is 0. The Morgan fingerprint density at radius 3 is 1.74 bits per heavy atom. The van der Waals surface area contributed by atoms with E-state index in [0.29, 0.717) is 11.1 Å². The molecule has 0 aromatic heterocycles. The number of hydrogen-bond donors (Lipinski definition) is 0. The van der Waals surface area contributed by atoms with Gasteiger partial charge < -0.3 is 0 Å². The molecule has 0 amide bonds. The van der Waals surface area contributed by atoms with Crippen LogP contribution in [0.2, 0.25) is 0 Å². The molecule has 19 heavy (non-hydrogen) atoms. The van der Waals surface area contributed by atoms with Crippen LogP contribution in [0.3, 0.4) is 0 Å². The fourth-order valence-corrected chi connectivity index (χ4v) is 1.88. The molecule has 0 aliphatic carbocycles. The summed E-state index contributed by atoms with van der Waals surface area (Å²) in [5.74, 6) is 0.0327. The summed E-state index contributed by atoms with van der Waals surface area (Å²) in [6.07, 6.45) is 0.521. The second-order valence-electron chi connectivity index (χ2n) is 4.58. The van der Waals surface area contributed by atoms with Gasteiger partial charge in [0.2, 0.25) is 0 Å². The van der Waals surface area contributed by atoms with Crippen LogP contribution in [0.15, 0.2) is 54.6 Å². The Hall–Kier alpha value is -2.22. The maximum Gasteiger partial charge on any atom is 0.163 e. The minimum absolute atomic E-state index is 0.0149. The van der Waals surface area contributed by atoms with Crippen molar-refractivity contribution < 1.29 is 9.59 Å². The second-order valence-corrected chi connectivity index (χ2v) is 4.58. The summed E-state index contributed by atoms with van der Waals surface area (Å²) in [5, 5.41) is 0. The molecule has 2 aromatic carbocycles. The molecule has 0 N–H and O–H groups in total. The molecule has 0 atom stereocenters. The number of rotatable bonds is 5.